The smallest absolute Gasteiger partial charge is 0.416 e. The number of halogens is 6. The highest BCUT2D eigenvalue weighted by molar-refractivity contribution is 5.76. The summed E-state index contributed by atoms with van der Waals surface area (Å²) >= 11 is 0. The highest BCUT2D eigenvalue weighted by atomic mass is 19.4. The van der Waals surface area contributed by atoms with Crippen LogP contribution in [0.2, 0.25) is 0 Å². The van der Waals surface area contributed by atoms with Crippen LogP contribution in [0.1, 0.15) is 53.1 Å². The van der Waals surface area contributed by atoms with Crippen molar-refractivity contribution in [3.8, 4) is 22.9 Å². The Balaban J connectivity index is 2.11. The fourth-order valence-electron chi connectivity index (χ4n) is 4.08. The van der Waals surface area contributed by atoms with Crippen molar-refractivity contribution in [1.29, 1.82) is 5.26 Å². The molecule has 3 rings (SSSR count). The number of carboxylic acid groups (broad SMARTS) is 1. The monoisotopic (exact) mass is 550 g/mol. The van der Waals surface area contributed by atoms with Gasteiger partial charge >= 0.3 is 18.4 Å². The highest BCUT2D eigenvalue weighted by Crippen LogP contribution is 2.38. The Labute approximate surface area is 220 Å². The molecule has 0 atom stereocenters. The number of amides is 1. The van der Waals surface area contributed by atoms with Gasteiger partial charge in [-0.3, -0.25) is 4.90 Å². The number of hydrogen-bond donors (Lipinski definition) is 1. The fraction of sp³-hybridized carbons (Fsp3) is 0.286. The number of nitriles is 1. The van der Waals surface area contributed by atoms with Gasteiger partial charge in [-0.15, -0.1) is 0 Å². The second kappa shape index (κ2) is 11.3. The average Bonchev–Trinajstić information content (AvgIpc) is 2.86. The lowest BCUT2D eigenvalue weighted by atomic mass is 9.92. The predicted octanol–water partition coefficient (Wildman–Crippen LogP) is 8.08. The molecule has 39 heavy (non-hydrogen) atoms. The number of carbonyl (C=O) groups is 1. The van der Waals surface area contributed by atoms with Crippen LogP contribution in [0.3, 0.4) is 0 Å². The topological polar surface area (TPSA) is 73.6 Å². The molecular weight excluding hydrogens is 526 g/mol. The van der Waals surface area contributed by atoms with Gasteiger partial charge in [0.15, 0.2) is 0 Å². The molecule has 0 unspecified atom stereocenters. The Morgan fingerprint density at radius 3 is 2.03 bits per heavy atom. The third-order valence-corrected chi connectivity index (χ3v) is 6.07. The highest BCUT2D eigenvalue weighted by Gasteiger charge is 2.37. The summed E-state index contributed by atoms with van der Waals surface area (Å²) in [6.45, 7) is 2.76. The molecule has 0 aromatic heterocycles. The molecule has 0 saturated heterocycles. The lowest BCUT2D eigenvalue weighted by Crippen LogP contribution is -2.29. The van der Waals surface area contributed by atoms with Gasteiger partial charge in [0.1, 0.15) is 5.75 Å². The summed E-state index contributed by atoms with van der Waals surface area (Å²) in [5, 5.41) is 19.3. The third-order valence-electron chi connectivity index (χ3n) is 6.07. The molecule has 0 radical (unpaired) electrons. The Hall–Kier alpha value is -4.20. The van der Waals surface area contributed by atoms with Crippen molar-refractivity contribution in [3.05, 3.63) is 88.0 Å². The van der Waals surface area contributed by atoms with E-state index in [0.29, 0.717) is 39.5 Å². The van der Waals surface area contributed by atoms with Gasteiger partial charge in [-0.25, -0.2) is 4.79 Å². The quantitative estimate of drug-likeness (QED) is 0.302. The van der Waals surface area contributed by atoms with Crippen LogP contribution in [0.5, 0.6) is 5.75 Å². The molecule has 0 heterocycles. The Morgan fingerprint density at radius 2 is 1.54 bits per heavy atom. The van der Waals surface area contributed by atoms with E-state index in [2.05, 4.69) is 0 Å². The van der Waals surface area contributed by atoms with E-state index < -0.39 is 48.2 Å². The van der Waals surface area contributed by atoms with E-state index in [1.165, 1.54) is 19.2 Å². The summed E-state index contributed by atoms with van der Waals surface area (Å²) in [6.07, 6.45) is -11.7. The molecule has 0 spiro atoms. The molecule has 0 bridgehead atoms. The van der Waals surface area contributed by atoms with E-state index in [-0.39, 0.29) is 17.5 Å². The summed E-state index contributed by atoms with van der Waals surface area (Å²) in [4.78, 5) is 12.8. The van der Waals surface area contributed by atoms with Gasteiger partial charge in [0.05, 0.1) is 36.4 Å². The SMILES string of the molecule is COc1ccc(C(C)C)cc1-c1ccc(C#N)cc1CN(Cc1cc(C(F)(F)F)cc(C(F)(F)F)c1)C(=O)O. The number of alkyl halides is 6. The maximum absolute atomic E-state index is 13.3. The van der Waals surface area contributed by atoms with Crippen molar-refractivity contribution in [3.63, 3.8) is 0 Å². The number of methoxy groups -OCH3 is 1. The lowest BCUT2D eigenvalue weighted by Gasteiger charge is -2.23. The van der Waals surface area contributed by atoms with Crippen LogP contribution >= 0.6 is 0 Å². The van der Waals surface area contributed by atoms with Crippen molar-refractivity contribution in [2.45, 2.75) is 45.2 Å². The molecule has 0 aliphatic heterocycles. The zero-order valence-corrected chi connectivity index (χ0v) is 21.1. The Bertz CT molecular complexity index is 1380. The van der Waals surface area contributed by atoms with Gasteiger partial charge in [-0.2, -0.15) is 31.6 Å². The Morgan fingerprint density at radius 1 is 0.923 bits per heavy atom. The summed E-state index contributed by atoms with van der Waals surface area (Å²) in [5.74, 6) is 0.593. The molecule has 0 saturated carbocycles. The minimum absolute atomic E-state index is 0.0168. The Kier molecular flexibility index (Phi) is 8.48. The van der Waals surface area contributed by atoms with Gasteiger partial charge in [-0.05, 0) is 70.6 Å². The van der Waals surface area contributed by atoms with E-state index in [9.17, 15) is 41.5 Å². The van der Waals surface area contributed by atoms with Crippen molar-refractivity contribution in [2.24, 2.45) is 0 Å². The van der Waals surface area contributed by atoms with E-state index in [4.69, 9.17) is 4.74 Å². The molecule has 1 N–H and O–H groups in total. The third kappa shape index (κ3) is 7.02. The van der Waals surface area contributed by atoms with Crippen LogP contribution in [0.4, 0.5) is 31.1 Å². The van der Waals surface area contributed by atoms with Gasteiger partial charge in [0.2, 0.25) is 0 Å². The van der Waals surface area contributed by atoms with Crippen LogP contribution in [0.15, 0.2) is 54.6 Å². The first kappa shape index (κ1) is 29.4. The average molecular weight is 550 g/mol. The van der Waals surface area contributed by atoms with Crippen LogP contribution in [-0.2, 0) is 25.4 Å². The lowest BCUT2D eigenvalue weighted by molar-refractivity contribution is -0.143. The molecule has 3 aromatic carbocycles. The van der Waals surface area contributed by atoms with Crippen LogP contribution in [0, 0.1) is 11.3 Å². The van der Waals surface area contributed by atoms with E-state index >= 15 is 0 Å². The summed E-state index contributed by atoms with van der Waals surface area (Å²) in [6, 6.07) is 12.9. The minimum Gasteiger partial charge on any atom is -0.496 e. The second-order valence-electron chi connectivity index (χ2n) is 9.15. The minimum atomic E-state index is -5.07. The van der Waals surface area contributed by atoms with Crippen LogP contribution < -0.4 is 4.74 Å². The van der Waals surface area contributed by atoms with Crippen molar-refractivity contribution >= 4 is 6.09 Å². The number of benzene rings is 3. The predicted molar refractivity (Wildman–Crippen MR) is 131 cm³/mol. The molecule has 11 heteroatoms. The first-order valence-corrected chi connectivity index (χ1v) is 11.6. The molecule has 206 valence electrons. The number of ether oxygens (including phenoxy) is 1. The first-order chi connectivity index (χ1) is 18.1. The molecule has 3 aromatic rings. The van der Waals surface area contributed by atoms with Gasteiger partial charge < -0.3 is 9.84 Å². The summed E-state index contributed by atoms with van der Waals surface area (Å²) in [5.41, 5.74) is -1.03. The van der Waals surface area contributed by atoms with Crippen molar-refractivity contribution in [2.75, 3.05) is 7.11 Å². The van der Waals surface area contributed by atoms with E-state index in [0.717, 1.165) is 5.56 Å². The van der Waals surface area contributed by atoms with Gasteiger partial charge in [-0.1, -0.05) is 26.0 Å². The molecule has 1 amide bonds. The number of hydrogen-bond acceptors (Lipinski definition) is 3. The van der Waals surface area contributed by atoms with E-state index in [1.54, 1.807) is 12.1 Å². The van der Waals surface area contributed by atoms with Crippen molar-refractivity contribution in [1.82, 2.24) is 4.90 Å². The second-order valence-corrected chi connectivity index (χ2v) is 9.15. The van der Waals surface area contributed by atoms with Gasteiger partial charge in [0, 0.05) is 12.1 Å². The molecule has 0 aliphatic carbocycles. The van der Waals surface area contributed by atoms with E-state index in [1.807, 2.05) is 32.0 Å². The molecule has 0 aliphatic rings. The van der Waals surface area contributed by atoms with Gasteiger partial charge in [0.25, 0.3) is 0 Å². The summed E-state index contributed by atoms with van der Waals surface area (Å²) < 4.78 is 85.4. The zero-order valence-electron chi connectivity index (χ0n) is 21.1. The maximum atomic E-state index is 13.3. The standard InChI is InChI=1S/C28H24F6N2O3/c1-16(2)19-5-7-25(39-3)24(11-19)23-6-4-17(13-35)8-20(23)15-36(26(37)38)14-18-9-21(27(29,30)31)12-22(10-18)28(32,33)34/h4-12,16H,14-15H2,1-3H3,(H,37,38). The van der Waals surface area contributed by atoms with Crippen LogP contribution in [-0.4, -0.2) is 23.2 Å². The largest absolute Gasteiger partial charge is 0.496 e. The van der Waals surface area contributed by atoms with Crippen molar-refractivity contribution < 1.29 is 41.0 Å². The summed E-state index contributed by atoms with van der Waals surface area (Å²) in [7, 11) is 1.45. The zero-order chi connectivity index (χ0) is 29.1. The first-order valence-electron chi connectivity index (χ1n) is 11.6. The molecular formula is C28H24F6N2O3. The number of nitrogens with zero attached hydrogens (tertiary/aromatic N) is 2. The maximum Gasteiger partial charge on any atom is 0.416 e. The number of rotatable bonds is 7. The fourth-order valence-corrected chi connectivity index (χ4v) is 4.08. The van der Waals surface area contributed by atoms with Crippen LogP contribution in [0.25, 0.3) is 11.1 Å². The normalized spacial score (nSPS) is 11.8. The molecule has 5 nitrogen and oxygen atoms in total. The molecule has 0 fully saturated rings.